The molecule has 1 saturated carbocycles. The van der Waals surface area contributed by atoms with Crippen molar-refractivity contribution in [2.75, 3.05) is 11.1 Å². The highest BCUT2D eigenvalue weighted by Crippen LogP contribution is 2.31. The first-order valence-corrected chi connectivity index (χ1v) is 8.68. The minimum atomic E-state index is -3.80. The second-order valence-electron chi connectivity index (χ2n) is 4.81. The Balaban J connectivity index is 1.97. The van der Waals surface area contributed by atoms with E-state index in [2.05, 4.69) is 14.7 Å². The highest BCUT2D eigenvalue weighted by molar-refractivity contribution is 8.02. The van der Waals surface area contributed by atoms with E-state index in [0.717, 1.165) is 18.4 Å². The van der Waals surface area contributed by atoms with Crippen molar-refractivity contribution in [3.8, 4) is 0 Å². The van der Waals surface area contributed by atoms with Crippen LogP contribution in [-0.4, -0.2) is 28.5 Å². The minimum absolute atomic E-state index is 0.00393. The fourth-order valence-electron chi connectivity index (χ4n) is 1.79. The fraction of sp³-hybridized carbons (Fsp3) is 0.455. The number of nitrogens with one attached hydrogen (secondary N) is 1. The number of sulfonamides is 1. The van der Waals surface area contributed by atoms with Gasteiger partial charge in [-0.25, -0.2) is 4.98 Å². The molecule has 1 unspecified atom stereocenters. The highest BCUT2D eigenvalue weighted by Gasteiger charge is 2.31. The first kappa shape index (κ1) is 12.7. The molecule has 1 aliphatic carbocycles. The summed E-state index contributed by atoms with van der Waals surface area (Å²) in [4.78, 5) is 4.08. The molecule has 1 aromatic heterocycles. The van der Waals surface area contributed by atoms with E-state index < -0.39 is 20.8 Å². The van der Waals surface area contributed by atoms with E-state index in [9.17, 15) is 12.6 Å². The molecular weight excluding hydrogens is 286 g/mol. The minimum Gasteiger partial charge on any atom is -0.316 e. The topological polar surface area (TPSA) is 88.5 Å². The molecule has 2 heterocycles. The third-order valence-corrected chi connectivity index (χ3v) is 5.80. The molecule has 1 fully saturated rings. The molecule has 1 aliphatic heterocycles. The Labute approximate surface area is 113 Å². The van der Waals surface area contributed by atoms with Crippen molar-refractivity contribution in [2.24, 2.45) is 10.3 Å². The predicted molar refractivity (Wildman–Crippen MR) is 73.0 cm³/mol. The standard InChI is InChI=1S/C11H13N3O3S2/c1-7-4-9-10(12-5-7)13-11(14-19(9,16)17)18(15)6-8-2-3-8/h4-5,8H,2-3,6H2,1H3,(H,12,13,14). The number of pyridine rings is 1. The predicted octanol–water partition coefficient (Wildman–Crippen LogP) is 1.02. The van der Waals surface area contributed by atoms with Crippen molar-refractivity contribution in [1.82, 2.24) is 4.98 Å². The van der Waals surface area contributed by atoms with Gasteiger partial charge in [0.1, 0.15) is 4.90 Å². The SMILES string of the molecule is Cc1cnc2c(c1)S(=O)(=O)N=C(S(=O)CC1CC1)N2. The van der Waals surface area contributed by atoms with Gasteiger partial charge in [-0.15, -0.1) is 4.40 Å². The van der Waals surface area contributed by atoms with Gasteiger partial charge in [0.25, 0.3) is 10.0 Å². The monoisotopic (exact) mass is 299 g/mol. The summed E-state index contributed by atoms with van der Waals surface area (Å²) in [6, 6.07) is 1.51. The third-order valence-electron chi connectivity index (χ3n) is 3.00. The Bertz CT molecular complexity index is 693. The lowest BCUT2D eigenvalue weighted by molar-refractivity contribution is 0.597. The van der Waals surface area contributed by atoms with Gasteiger partial charge in [-0.3, -0.25) is 4.21 Å². The Morgan fingerprint density at radius 3 is 2.89 bits per heavy atom. The van der Waals surface area contributed by atoms with E-state index in [1.807, 2.05) is 0 Å². The Hall–Kier alpha value is -1.28. The summed E-state index contributed by atoms with van der Waals surface area (Å²) in [7, 11) is -5.22. The number of rotatable bonds is 2. The molecule has 2 aliphatic rings. The maximum atomic E-state index is 12.0. The van der Waals surface area contributed by atoms with E-state index in [4.69, 9.17) is 0 Å². The van der Waals surface area contributed by atoms with Gasteiger partial charge in [0.15, 0.2) is 5.82 Å². The van der Waals surface area contributed by atoms with E-state index in [-0.39, 0.29) is 15.9 Å². The van der Waals surface area contributed by atoms with Crippen LogP contribution in [0.25, 0.3) is 0 Å². The number of hydrogen-bond donors (Lipinski definition) is 1. The summed E-state index contributed by atoms with van der Waals surface area (Å²) in [5, 5.41) is 2.77. The van der Waals surface area contributed by atoms with Gasteiger partial charge in [0, 0.05) is 11.9 Å². The van der Waals surface area contributed by atoms with Crippen LogP contribution in [0, 0.1) is 12.8 Å². The van der Waals surface area contributed by atoms with E-state index in [1.54, 1.807) is 13.1 Å². The molecule has 6 nitrogen and oxygen atoms in total. The summed E-state index contributed by atoms with van der Waals surface area (Å²) in [6.45, 7) is 1.76. The van der Waals surface area contributed by atoms with E-state index in [0.29, 0.717) is 11.7 Å². The maximum Gasteiger partial charge on any atom is 0.288 e. The van der Waals surface area contributed by atoms with Crippen LogP contribution >= 0.6 is 0 Å². The van der Waals surface area contributed by atoms with Gasteiger partial charge in [-0.2, -0.15) is 8.42 Å². The van der Waals surface area contributed by atoms with Crippen molar-refractivity contribution >= 4 is 31.8 Å². The van der Waals surface area contributed by atoms with Crippen LogP contribution in [0.3, 0.4) is 0 Å². The van der Waals surface area contributed by atoms with Gasteiger partial charge in [-0.1, -0.05) is 0 Å². The maximum absolute atomic E-state index is 12.0. The first-order chi connectivity index (χ1) is 8.95. The zero-order chi connectivity index (χ0) is 13.6. The van der Waals surface area contributed by atoms with Crippen LogP contribution in [0.2, 0.25) is 0 Å². The molecule has 0 spiro atoms. The summed E-state index contributed by atoms with van der Waals surface area (Å²) in [5.74, 6) is 1.10. The zero-order valence-corrected chi connectivity index (χ0v) is 11.9. The quantitative estimate of drug-likeness (QED) is 0.880. The largest absolute Gasteiger partial charge is 0.316 e. The van der Waals surface area contributed by atoms with Crippen molar-refractivity contribution in [3.63, 3.8) is 0 Å². The molecule has 1 N–H and O–H groups in total. The van der Waals surface area contributed by atoms with Gasteiger partial charge in [-0.05, 0) is 37.3 Å². The lowest BCUT2D eigenvalue weighted by Crippen LogP contribution is -2.28. The Kier molecular flexibility index (Phi) is 2.94. The smallest absolute Gasteiger partial charge is 0.288 e. The van der Waals surface area contributed by atoms with Crippen LogP contribution in [0.15, 0.2) is 21.6 Å². The number of amidine groups is 1. The van der Waals surface area contributed by atoms with Crippen molar-refractivity contribution < 1.29 is 12.6 Å². The second-order valence-corrected chi connectivity index (χ2v) is 7.80. The van der Waals surface area contributed by atoms with Crippen LogP contribution in [-0.2, 0) is 20.8 Å². The third kappa shape index (κ3) is 2.55. The summed E-state index contributed by atoms with van der Waals surface area (Å²) in [6.07, 6.45) is 3.67. The van der Waals surface area contributed by atoms with Crippen molar-refractivity contribution in [1.29, 1.82) is 0 Å². The number of hydrogen-bond acceptors (Lipinski definition) is 5. The molecule has 0 radical (unpaired) electrons. The molecule has 1 aromatic rings. The highest BCUT2D eigenvalue weighted by atomic mass is 32.2. The molecule has 8 heteroatoms. The van der Waals surface area contributed by atoms with E-state index >= 15 is 0 Å². The summed E-state index contributed by atoms with van der Waals surface area (Å²) in [5.41, 5.74) is 0.738. The average molecular weight is 299 g/mol. The number of aryl methyl sites for hydroxylation is 1. The molecule has 1 atom stereocenters. The van der Waals surface area contributed by atoms with Crippen molar-refractivity contribution in [3.05, 3.63) is 17.8 Å². The Morgan fingerprint density at radius 2 is 2.21 bits per heavy atom. The summed E-state index contributed by atoms with van der Waals surface area (Å²) >= 11 is 0. The molecule has 0 saturated heterocycles. The number of nitrogens with zero attached hydrogens (tertiary/aromatic N) is 2. The summed E-state index contributed by atoms with van der Waals surface area (Å²) < 4.78 is 39.7. The lowest BCUT2D eigenvalue weighted by Gasteiger charge is -2.16. The number of fused-ring (bicyclic) bond motifs is 1. The lowest BCUT2D eigenvalue weighted by atomic mass is 10.3. The van der Waals surface area contributed by atoms with Gasteiger partial charge in [0.2, 0.25) is 5.17 Å². The molecule has 0 bridgehead atoms. The molecule has 19 heavy (non-hydrogen) atoms. The average Bonchev–Trinajstić information content (AvgIpc) is 3.13. The fourth-order valence-corrected chi connectivity index (χ4v) is 4.59. The van der Waals surface area contributed by atoms with Crippen LogP contribution in [0.4, 0.5) is 5.82 Å². The van der Waals surface area contributed by atoms with Crippen LogP contribution in [0.1, 0.15) is 18.4 Å². The first-order valence-electron chi connectivity index (χ1n) is 5.93. The molecule has 102 valence electrons. The van der Waals surface area contributed by atoms with Crippen LogP contribution < -0.4 is 5.32 Å². The number of aromatic nitrogens is 1. The molecule has 0 aromatic carbocycles. The second kappa shape index (κ2) is 4.38. The van der Waals surface area contributed by atoms with Crippen LogP contribution in [0.5, 0.6) is 0 Å². The zero-order valence-electron chi connectivity index (χ0n) is 10.3. The number of anilines is 1. The van der Waals surface area contributed by atoms with Crippen molar-refractivity contribution in [2.45, 2.75) is 24.7 Å². The normalized spacial score (nSPS) is 22.1. The molecule has 3 rings (SSSR count). The van der Waals surface area contributed by atoms with Gasteiger partial charge in [0.05, 0.1) is 10.8 Å². The van der Waals surface area contributed by atoms with Gasteiger partial charge >= 0.3 is 0 Å². The Morgan fingerprint density at radius 1 is 1.47 bits per heavy atom. The van der Waals surface area contributed by atoms with E-state index in [1.165, 1.54) is 6.07 Å². The molecular formula is C11H13N3O3S2. The molecule has 0 amide bonds. The van der Waals surface area contributed by atoms with Gasteiger partial charge < -0.3 is 5.32 Å².